The van der Waals surface area contributed by atoms with Crippen LogP contribution in [0.4, 0.5) is 5.69 Å². The number of hydrogen-bond donors (Lipinski definition) is 3. The zero-order chi connectivity index (χ0) is 13.8. The monoisotopic (exact) mass is 261 g/mol. The van der Waals surface area contributed by atoms with Crippen LogP contribution in [0.25, 0.3) is 0 Å². The molecular weight excluding hydrogens is 238 g/mol. The van der Waals surface area contributed by atoms with Crippen molar-refractivity contribution in [1.82, 2.24) is 10.6 Å². The summed E-state index contributed by atoms with van der Waals surface area (Å²) in [6.07, 6.45) is 0. The fraction of sp³-hybridized carbons (Fsp3) is 0.533. The first-order valence-corrected chi connectivity index (χ1v) is 6.93. The van der Waals surface area contributed by atoms with E-state index >= 15 is 0 Å². The van der Waals surface area contributed by atoms with Crippen LogP contribution in [-0.2, 0) is 4.79 Å². The lowest BCUT2D eigenvalue weighted by Crippen LogP contribution is -2.46. The highest BCUT2D eigenvalue weighted by Gasteiger charge is 2.32. The third-order valence-electron chi connectivity index (χ3n) is 3.52. The first-order valence-electron chi connectivity index (χ1n) is 6.93. The highest BCUT2D eigenvalue weighted by atomic mass is 16.2. The molecule has 1 aliphatic rings. The summed E-state index contributed by atoms with van der Waals surface area (Å²) in [4.78, 5) is 12.3. The van der Waals surface area contributed by atoms with Crippen LogP contribution in [0.2, 0.25) is 0 Å². The number of carbonyl (C=O) groups is 1. The van der Waals surface area contributed by atoms with Gasteiger partial charge in [0, 0.05) is 24.3 Å². The van der Waals surface area contributed by atoms with E-state index in [0.29, 0.717) is 12.1 Å². The fourth-order valence-electron chi connectivity index (χ4n) is 2.14. The quantitative estimate of drug-likeness (QED) is 0.682. The summed E-state index contributed by atoms with van der Waals surface area (Å²) in [6, 6.07) is 10.5. The van der Waals surface area contributed by atoms with Gasteiger partial charge in [-0.25, -0.2) is 0 Å². The number of carbonyl (C=O) groups excluding carboxylic acids is 1. The maximum atomic E-state index is 12.3. The van der Waals surface area contributed by atoms with Crippen molar-refractivity contribution >= 4 is 11.6 Å². The highest BCUT2D eigenvalue weighted by Crippen LogP contribution is 2.12. The molecule has 0 saturated carbocycles. The molecule has 1 aliphatic heterocycles. The van der Waals surface area contributed by atoms with Crippen LogP contribution in [0.3, 0.4) is 0 Å². The molecule has 2 rings (SSSR count). The van der Waals surface area contributed by atoms with Gasteiger partial charge in [-0.15, -0.1) is 0 Å². The Morgan fingerprint density at radius 3 is 2.47 bits per heavy atom. The summed E-state index contributed by atoms with van der Waals surface area (Å²) < 4.78 is 0. The van der Waals surface area contributed by atoms with E-state index in [0.717, 1.165) is 12.2 Å². The molecule has 0 aliphatic carbocycles. The van der Waals surface area contributed by atoms with E-state index in [2.05, 4.69) is 36.7 Å². The molecule has 3 N–H and O–H groups in total. The second-order valence-corrected chi connectivity index (χ2v) is 5.55. The predicted molar refractivity (Wildman–Crippen MR) is 78.1 cm³/mol. The first-order chi connectivity index (χ1) is 9.08. The minimum atomic E-state index is -0.158. The third kappa shape index (κ3) is 4.04. The maximum absolute atomic E-state index is 12.3. The number of benzene rings is 1. The van der Waals surface area contributed by atoms with E-state index in [-0.39, 0.29) is 17.9 Å². The molecule has 0 unspecified atom stereocenters. The van der Waals surface area contributed by atoms with Gasteiger partial charge in [-0.2, -0.15) is 0 Å². The Hall–Kier alpha value is -1.39. The van der Waals surface area contributed by atoms with Gasteiger partial charge in [0.15, 0.2) is 0 Å². The van der Waals surface area contributed by atoms with Gasteiger partial charge in [-0.3, -0.25) is 4.79 Å². The Morgan fingerprint density at radius 2 is 1.95 bits per heavy atom. The fourth-order valence-corrected chi connectivity index (χ4v) is 2.14. The van der Waals surface area contributed by atoms with Crippen molar-refractivity contribution in [3.05, 3.63) is 30.3 Å². The van der Waals surface area contributed by atoms with Crippen molar-refractivity contribution in [2.75, 3.05) is 11.9 Å². The molecule has 4 heteroatoms. The molecule has 1 heterocycles. The zero-order valence-electron chi connectivity index (χ0n) is 11.8. The molecule has 1 aromatic rings. The van der Waals surface area contributed by atoms with Gasteiger partial charge in [0.2, 0.25) is 5.91 Å². The number of anilines is 1. The van der Waals surface area contributed by atoms with Crippen molar-refractivity contribution < 1.29 is 4.79 Å². The number of hydrogen-bond acceptors (Lipinski definition) is 3. The van der Waals surface area contributed by atoms with Gasteiger partial charge < -0.3 is 16.0 Å². The summed E-state index contributed by atoms with van der Waals surface area (Å²) in [6.45, 7) is 7.12. The molecule has 1 fully saturated rings. The molecular formula is C15H23N3O. The van der Waals surface area contributed by atoms with Crippen molar-refractivity contribution in [3.8, 4) is 0 Å². The van der Waals surface area contributed by atoms with E-state index in [1.807, 2.05) is 30.3 Å². The highest BCUT2D eigenvalue weighted by molar-refractivity contribution is 5.94. The molecule has 3 atom stereocenters. The van der Waals surface area contributed by atoms with Gasteiger partial charge in [0.25, 0.3) is 0 Å². The third-order valence-corrected chi connectivity index (χ3v) is 3.52. The maximum Gasteiger partial charge on any atom is 0.241 e. The second kappa shape index (κ2) is 6.17. The Kier molecular flexibility index (Phi) is 4.56. The number of para-hydroxylation sites is 1. The van der Waals surface area contributed by atoms with E-state index in [1.54, 1.807) is 0 Å². The summed E-state index contributed by atoms with van der Waals surface area (Å²) in [5.74, 6) is 0.298. The molecule has 0 aromatic heterocycles. The average molecular weight is 261 g/mol. The second-order valence-electron chi connectivity index (χ2n) is 5.55. The number of nitrogens with one attached hydrogen (secondary N) is 3. The molecule has 1 saturated heterocycles. The molecule has 19 heavy (non-hydrogen) atoms. The summed E-state index contributed by atoms with van der Waals surface area (Å²) in [5, 5.41) is 9.63. The molecule has 4 nitrogen and oxygen atoms in total. The Morgan fingerprint density at radius 1 is 1.32 bits per heavy atom. The lowest BCUT2D eigenvalue weighted by atomic mass is 10.0. The van der Waals surface area contributed by atoms with Crippen molar-refractivity contribution in [2.24, 2.45) is 5.92 Å². The van der Waals surface area contributed by atoms with Gasteiger partial charge in [-0.05, 0) is 25.0 Å². The van der Waals surface area contributed by atoms with Crippen molar-refractivity contribution in [3.63, 3.8) is 0 Å². The van der Waals surface area contributed by atoms with Crippen LogP contribution >= 0.6 is 0 Å². The summed E-state index contributed by atoms with van der Waals surface area (Å²) in [7, 11) is 0. The van der Waals surface area contributed by atoms with Crippen LogP contribution in [0.1, 0.15) is 20.8 Å². The molecule has 104 valence electrons. The lowest BCUT2D eigenvalue weighted by molar-refractivity contribution is -0.119. The topological polar surface area (TPSA) is 63.1 Å². The molecule has 0 radical (unpaired) electrons. The van der Waals surface area contributed by atoms with E-state index in [4.69, 9.17) is 0 Å². The smallest absolute Gasteiger partial charge is 0.241 e. The minimum Gasteiger partial charge on any atom is -0.325 e. The van der Waals surface area contributed by atoms with Crippen LogP contribution in [0.5, 0.6) is 0 Å². The first kappa shape index (κ1) is 14.0. The van der Waals surface area contributed by atoms with Crippen molar-refractivity contribution in [2.45, 2.75) is 38.9 Å². The summed E-state index contributed by atoms with van der Waals surface area (Å²) in [5.41, 5.74) is 0.845. The van der Waals surface area contributed by atoms with Crippen LogP contribution in [0, 0.1) is 5.92 Å². The number of rotatable bonds is 6. The van der Waals surface area contributed by atoms with Crippen LogP contribution in [0.15, 0.2) is 30.3 Å². The molecule has 1 aromatic carbocycles. The molecule has 1 amide bonds. The van der Waals surface area contributed by atoms with Crippen LogP contribution in [-0.4, -0.2) is 30.6 Å². The lowest BCUT2D eigenvalue weighted by Gasteiger charge is -2.21. The number of amides is 1. The molecule has 0 bridgehead atoms. The zero-order valence-corrected chi connectivity index (χ0v) is 11.8. The summed E-state index contributed by atoms with van der Waals surface area (Å²) >= 11 is 0. The molecule has 0 spiro atoms. The Labute approximate surface area is 115 Å². The van der Waals surface area contributed by atoms with E-state index in [9.17, 15) is 4.79 Å². The van der Waals surface area contributed by atoms with Gasteiger partial charge in [0.05, 0.1) is 6.04 Å². The van der Waals surface area contributed by atoms with Crippen molar-refractivity contribution in [1.29, 1.82) is 0 Å². The Balaban J connectivity index is 1.88. The Bertz CT molecular complexity index is 419. The normalized spacial score (nSPS) is 23.2. The van der Waals surface area contributed by atoms with Crippen LogP contribution < -0.4 is 16.0 Å². The van der Waals surface area contributed by atoms with Gasteiger partial charge >= 0.3 is 0 Å². The van der Waals surface area contributed by atoms with Gasteiger partial charge in [0.1, 0.15) is 0 Å². The predicted octanol–water partition coefficient (Wildman–Crippen LogP) is 1.60. The van der Waals surface area contributed by atoms with E-state index < -0.39 is 0 Å². The standard InChI is InChI=1S/C15H23N3O/c1-10(2)14(16-9-13-11(3)17-13)15(19)18-12-7-5-4-6-8-12/h4-8,10-11,13-14,16-17H,9H2,1-3H3,(H,18,19)/t11-,13+,14+/m1/s1. The van der Waals surface area contributed by atoms with Gasteiger partial charge in [-0.1, -0.05) is 32.0 Å². The average Bonchev–Trinajstić information content (AvgIpc) is 3.06. The minimum absolute atomic E-state index is 0.0366. The van der Waals surface area contributed by atoms with E-state index in [1.165, 1.54) is 0 Å². The largest absolute Gasteiger partial charge is 0.325 e. The SMILES string of the molecule is CC(C)[C@H](NC[C@@H]1N[C@@H]1C)C(=O)Nc1ccccc1.